The average Bonchev–Trinajstić information content (AvgIpc) is 2.34. The first-order valence-electron chi connectivity index (χ1n) is 7.18. The van der Waals surface area contributed by atoms with Gasteiger partial charge < -0.3 is 10.2 Å². The van der Waals surface area contributed by atoms with E-state index in [1.165, 1.54) is 0 Å². The third-order valence-corrected chi connectivity index (χ3v) is 5.69. The molecule has 1 unspecified atom stereocenters. The van der Waals surface area contributed by atoms with Gasteiger partial charge in [-0.1, -0.05) is 13.8 Å². The number of sulfonamides is 1. The van der Waals surface area contributed by atoms with Crippen LogP contribution in [-0.4, -0.2) is 69.7 Å². The zero-order chi connectivity index (χ0) is 14.5. The van der Waals surface area contributed by atoms with Crippen LogP contribution in [0.5, 0.6) is 0 Å². The highest BCUT2D eigenvalue weighted by Crippen LogP contribution is 2.17. The van der Waals surface area contributed by atoms with Gasteiger partial charge in [0.2, 0.25) is 10.0 Å². The summed E-state index contributed by atoms with van der Waals surface area (Å²) in [5.41, 5.74) is 0. The van der Waals surface area contributed by atoms with Gasteiger partial charge in [-0.15, -0.1) is 0 Å². The zero-order valence-corrected chi connectivity index (χ0v) is 13.5. The van der Waals surface area contributed by atoms with E-state index in [0.29, 0.717) is 25.6 Å². The summed E-state index contributed by atoms with van der Waals surface area (Å²) in [6, 6.07) is 0. The lowest BCUT2D eigenvalue weighted by Gasteiger charge is -2.31. The molecule has 6 heteroatoms. The number of likely N-dealkylation sites (N-methyl/N-ethyl adjacent to an activating group) is 1. The van der Waals surface area contributed by atoms with Gasteiger partial charge in [0.15, 0.2) is 0 Å². The molecule has 0 radical (unpaired) electrons. The van der Waals surface area contributed by atoms with Gasteiger partial charge in [0, 0.05) is 26.2 Å². The average molecular weight is 291 g/mol. The molecule has 5 nitrogen and oxygen atoms in total. The first kappa shape index (κ1) is 16.9. The summed E-state index contributed by atoms with van der Waals surface area (Å²) < 4.78 is 27.1. The van der Waals surface area contributed by atoms with Crippen LogP contribution in [0.1, 0.15) is 26.7 Å². The summed E-state index contributed by atoms with van der Waals surface area (Å²) in [5, 5.41) is 2.95. The fraction of sp³-hybridized carbons (Fsp3) is 1.00. The third kappa shape index (κ3) is 5.38. The first-order chi connectivity index (χ1) is 8.84. The van der Waals surface area contributed by atoms with Crippen LogP contribution >= 0.6 is 0 Å². The molecule has 0 aromatic heterocycles. The second-order valence-electron chi connectivity index (χ2n) is 6.07. The molecule has 0 amide bonds. The molecule has 0 aromatic carbocycles. The Morgan fingerprint density at radius 2 is 1.95 bits per heavy atom. The quantitative estimate of drug-likeness (QED) is 0.746. The number of piperidine rings is 1. The highest BCUT2D eigenvalue weighted by atomic mass is 32.2. The molecule has 19 heavy (non-hydrogen) atoms. The van der Waals surface area contributed by atoms with Crippen molar-refractivity contribution in [2.24, 2.45) is 5.92 Å². The molecule has 114 valence electrons. The third-order valence-electron chi connectivity index (χ3n) is 3.40. The number of hydrogen-bond donors (Lipinski definition) is 1. The monoisotopic (exact) mass is 291 g/mol. The summed E-state index contributed by atoms with van der Waals surface area (Å²) in [6.45, 7) is 7.64. The van der Waals surface area contributed by atoms with Crippen LogP contribution in [-0.2, 0) is 10.0 Å². The Balaban J connectivity index is 2.75. The van der Waals surface area contributed by atoms with Crippen molar-refractivity contribution >= 4 is 10.0 Å². The normalized spacial score (nSPS) is 21.5. The molecule has 0 bridgehead atoms. The lowest BCUT2D eigenvalue weighted by molar-refractivity contribution is 0.307. The van der Waals surface area contributed by atoms with E-state index >= 15 is 0 Å². The van der Waals surface area contributed by atoms with Gasteiger partial charge in [0.25, 0.3) is 0 Å². The van der Waals surface area contributed by atoms with Gasteiger partial charge >= 0.3 is 0 Å². The van der Waals surface area contributed by atoms with Gasteiger partial charge in [-0.05, 0) is 39.4 Å². The second-order valence-corrected chi connectivity index (χ2v) is 8.28. The van der Waals surface area contributed by atoms with Gasteiger partial charge in [0.05, 0.1) is 5.25 Å². The van der Waals surface area contributed by atoms with Crippen LogP contribution in [0.4, 0.5) is 0 Å². The minimum absolute atomic E-state index is 0.248. The van der Waals surface area contributed by atoms with Crippen molar-refractivity contribution in [2.75, 3.05) is 46.8 Å². The highest BCUT2D eigenvalue weighted by molar-refractivity contribution is 7.89. The number of nitrogens with zero attached hydrogens (tertiary/aromatic N) is 2. The van der Waals surface area contributed by atoms with Crippen molar-refractivity contribution in [3.63, 3.8) is 0 Å². The van der Waals surface area contributed by atoms with Gasteiger partial charge in [-0.2, -0.15) is 0 Å². The first-order valence-corrected chi connectivity index (χ1v) is 8.68. The second kappa shape index (κ2) is 7.57. The molecule has 1 atom stereocenters. The van der Waals surface area contributed by atoms with E-state index in [1.54, 1.807) is 4.31 Å². The number of hydrogen-bond acceptors (Lipinski definition) is 4. The van der Waals surface area contributed by atoms with E-state index < -0.39 is 10.0 Å². The topological polar surface area (TPSA) is 52.7 Å². The Kier molecular flexibility index (Phi) is 6.73. The SMILES string of the molecule is CC(C)CN(CCN(C)C)S(=O)(=O)C1CCCNC1. The predicted octanol–water partition coefficient (Wildman–Crippen LogP) is 0.588. The van der Waals surface area contributed by atoms with E-state index in [9.17, 15) is 8.42 Å². The largest absolute Gasteiger partial charge is 0.315 e. The van der Waals surface area contributed by atoms with Crippen molar-refractivity contribution < 1.29 is 8.42 Å². The van der Waals surface area contributed by atoms with E-state index in [0.717, 1.165) is 25.9 Å². The molecule has 1 aliphatic heterocycles. The number of rotatable bonds is 7. The fourth-order valence-corrected chi connectivity index (χ4v) is 4.38. The summed E-state index contributed by atoms with van der Waals surface area (Å²) in [6.07, 6.45) is 1.74. The molecule has 0 aromatic rings. The zero-order valence-electron chi connectivity index (χ0n) is 12.7. The van der Waals surface area contributed by atoms with Gasteiger partial charge in [0.1, 0.15) is 0 Å². The van der Waals surface area contributed by atoms with Crippen molar-refractivity contribution in [1.29, 1.82) is 0 Å². The summed E-state index contributed by atoms with van der Waals surface area (Å²) in [4.78, 5) is 2.03. The summed E-state index contributed by atoms with van der Waals surface area (Å²) in [5.74, 6) is 0.355. The van der Waals surface area contributed by atoms with E-state index in [-0.39, 0.29) is 5.25 Å². The van der Waals surface area contributed by atoms with Crippen LogP contribution in [0.25, 0.3) is 0 Å². The van der Waals surface area contributed by atoms with Crippen molar-refractivity contribution in [3.8, 4) is 0 Å². The van der Waals surface area contributed by atoms with Crippen molar-refractivity contribution in [3.05, 3.63) is 0 Å². The lowest BCUT2D eigenvalue weighted by Crippen LogP contribution is -2.48. The Morgan fingerprint density at radius 1 is 1.26 bits per heavy atom. The molecule has 0 saturated carbocycles. The predicted molar refractivity (Wildman–Crippen MR) is 79.8 cm³/mol. The highest BCUT2D eigenvalue weighted by Gasteiger charge is 2.33. The minimum atomic E-state index is -3.17. The molecular weight excluding hydrogens is 262 g/mol. The molecule has 1 aliphatic rings. The van der Waals surface area contributed by atoms with Crippen molar-refractivity contribution in [1.82, 2.24) is 14.5 Å². The molecular formula is C13H29N3O2S. The maximum atomic E-state index is 12.7. The minimum Gasteiger partial charge on any atom is -0.315 e. The van der Waals surface area contributed by atoms with E-state index in [4.69, 9.17) is 0 Å². The van der Waals surface area contributed by atoms with Crippen LogP contribution in [0, 0.1) is 5.92 Å². The van der Waals surface area contributed by atoms with Crippen molar-refractivity contribution in [2.45, 2.75) is 31.9 Å². The molecule has 0 aliphatic carbocycles. The Bertz CT molecular complexity index is 349. The lowest BCUT2D eigenvalue weighted by atomic mass is 10.2. The van der Waals surface area contributed by atoms with Gasteiger partial charge in [-0.25, -0.2) is 12.7 Å². The Morgan fingerprint density at radius 3 is 2.42 bits per heavy atom. The van der Waals surface area contributed by atoms with Gasteiger partial charge in [-0.3, -0.25) is 0 Å². The molecule has 0 spiro atoms. The fourth-order valence-electron chi connectivity index (χ4n) is 2.33. The maximum absolute atomic E-state index is 12.7. The Hall–Kier alpha value is -0.170. The standard InChI is InChI=1S/C13H29N3O2S/c1-12(2)11-16(9-8-15(3)4)19(17,18)13-6-5-7-14-10-13/h12-14H,5-11H2,1-4H3. The molecule has 1 saturated heterocycles. The van der Waals surface area contributed by atoms with E-state index in [2.05, 4.69) is 19.2 Å². The van der Waals surface area contributed by atoms with Crippen LogP contribution in [0.3, 0.4) is 0 Å². The van der Waals surface area contributed by atoms with Crippen LogP contribution in [0.2, 0.25) is 0 Å². The molecule has 1 N–H and O–H groups in total. The smallest absolute Gasteiger partial charge is 0.218 e. The van der Waals surface area contributed by atoms with Crippen LogP contribution < -0.4 is 5.32 Å². The molecule has 1 fully saturated rings. The summed E-state index contributed by atoms with van der Waals surface area (Å²) in [7, 11) is 0.778. The molecule has 1 rings (SSSR count). The maximum Gasteiger partial charge on any atom is 0.218 e. The summed E-state index contributed by atoms with van der Waals surface area (Å²) >= 11 is 0. The Labute approximate surface area is 118 Å². The number of nitrogens with one attached hydrogen (secondary N) is 1. The van der Waals surface area contributed by atoms with E-state index in [1.807, 2.05) is 19.0 Å². The van der Waals surface area contributed by atoms with Crippen LogP contribution in [0.15, 0.2) is 0 Å². The molecule has 1 heterocycles.